The number of aryl methyl sites for hydroxylation is 1. The first-order valence-electron chi connectivity index (χ1n) is 5.54. The van der Waals surface area contributed by atoms with E-state index in [1.807, 2.05) is 7.05 Å². The molecule has 0 spiro atoms. The number of rotatable bonds is 4. The predicted octanol–water partition coefficient (Wildman–Crippen LogP) is 2.09. The molecule has 1 aliphatic rings. The van der Waals surface area contributed by atoms with Gasteiger partial charge in [-0.3, -0.25) is 4.68 Å². The highest BCUT2D eigenvalue weighted by molar-refractivity contribution is 6.30. The van der Waals surface area contributed by atoms with E-state index in [-0.39, 0.29) is 0 Å². The van der Waals surface area contributed by atoms with Crippen LogP contribution in [-0.2, 0) is 13.5 Å². The van der Waals surface area contributed by atoms with E-state index < -0.39 is 0 Å². The third-order valence-corrected chi connectivity index (χ3v) is 3.49. The van der Waals surface area contributed by atoms with Gasteiger partial charge in [0.25, 0.3) is 0 Å². The third-order valence-electron chi connectivity index (χ3n) is 3.02. The summed E-state index contributed by atoms with van der Waals surface area (Å²) in [5.41, 5.74) is 8.08. The van der Waals surface area contributed by atoms with Gasteiger partial charge in [-0.15, -0.1) is 0 Å². The predicted molar refractivity (Wildman–Crippen MR) is 62.1 cm³/mol. The average Bonchev–Trinajstić information content (AvgIpc) is 3.01. The molecule has 4 heteroatoms. The van der Waals surface area contributed by atoms with Crippen LogP contribution in [0.1, 0.15) is 36.9 Å². The van der Waals surface area contributed by atoms with Crippen molar-refractivity contribution in [3.05, 3.63) is 16.4 Å². The molecule has 0 amide bonds. The molecule has 15 heavy (non-hydrogen) atoms. The van der Waals surface area contributed by atoms with Crippen LogP contribution >= 0.6 is 11.6 Å². The quantitative estimate of drug-likeness (QED) is 0.856. The highest BCUT2D eigenvalue weighted by Gasteiger charge is 2.31. The van der Waals surface area contributed by atoms with Crippen molar-refractivity contribution >= 4 is 11.6 Å². The minimum atomic E-state index is 0.476. The average molecular weight is 228 g/mol. The molecular formula is C11H18ClN3. The van der Waals surface area contributed by atoms with Crippen LogP contribution in [-0.4, -0.2) is 16.3 Å². The molecule has 1 saturated carbocycles. The summed E-state index contributed by atoms with van der Waals surface area (Å²) in [4.78, 5) is 0. The van der Waals surface area contributed by atoms with Crippen LogP contribution in [0.15, 0.2) is 0 Å². The fourth-order valence-electron chi connectivity index (χ4n) is 1.87. The molecule has 0 radical (unpaired) electrons. The van der Waals surface area contributed by atoms with Crippen molar-refractivity contribution in [2.75, 3.05) is 6.54 Å². The monoisotopic (exact) mass is 227 g/mol. The van der Waals surface area contributed by atoms with Crippen LogP contribution in [0.4, 0.5) is 0 Å². The fourth-order valence-corrected chi connectivity index (χ4v) is 2.08. The summed E-state index contributed by atoms with van der Waals surface area (Å²) in [6.45, 7) is 2.86. The van der Waals surface area contributed by atoms with Gasteiger partial charge in [-0.2, -0.15) is 5.10 Å². The van der Waals surface area contributed by atoms with E-state index >= 15 is 0 Å². The Balaban J connectivity index is 2.26. The Labute approximate surface area is 95.6 Å². The van der Waals surface area contributed by atoms with Crippen LogP contribution < -0.4 is 5.73 Å². The molecular weight excluding hydrogens is 210 g/mol. The molecule has 0 bridgehead atoms. The lowest BCUT2D eigenvalue weighted by Crippen LogP contribution is -2.13. The third kappa shape index (κ3) is 2.18. The Morgan fingerprint density at radius 1 is 1.60 bits per heavy atom. The van der Waals surface area contributed by atoms with Gasteiger partial charge in [-0.1, -0.05) is 18.5 Å². The topological polar surface area (TPSA) is 43.8 Å². The van der Waals surface area contributed by atoms with Crippen LogP contribution in [0.25, 0.3) is 0 Å². The molecule has 1 heterocycles. The highest BCUT2D eigenvalue weighted by Crippen LogP contribution is 2.42. The van der Waals surface area contributed by atoms with E-state index in [0.29, 0.717) is 18.4 Å². The van der Waals surface area contributed by atoms with Crippen molar-refractivity contribution in [1.29, 1.82) is 0 Å². The van der Waals surface area contributed by atoms with Crippen molar-refractivity contribution in [1.82, 2.24) is 9.78 Å². The van der Waals surface area contributed by atoms with Gasteiger partial charge >= 0.3 is 0 Å². The molecule has 1 atom stereocenters. The van der Waals surface area contributed by atoms with Crippen molar-refractivity contribution in [2.45, 2.75) is 32.1 Å². The Hall–Kier alpha value is -0.540. The Bertz CT molecular complexity index is 355. The van der Waals surface area contributed by atoms with Crippen LogP contribution in [0.3, 0.4) is 0 Å². The van der Waals surface area contributed by atoms with E-state index in [9.17, 15) is 0 Å². The summed E-state index contributed by atoms with van der Waals surface area (Å²) in [6, 6.07) is 0. The molecule has 1 aromatic heterocycles. The maximum Gasteiger partial charge on any atom is 0.130 e. The van der Waals surface area contributed by atoms with Gasteiger partial charge < -0.3 is 5.73 Å². The standard InChI is InChI=1S/C11H18ClN3/c1-7(6-13)5-9-10(8-3-4-8)14-15(2)11(9)12/h7-8H,3-6,13H2,1-2H3. The fraction of sp³-hybridized carbons (Fsp3) is 0.727. The molecule has 84 valence electrons. The summed E-state index contributed by atoms with van der Waals surface area (Å²) >= 11 is 6.25. The van der Waals surface area contributed by atoms with Gasteiger partial charge in [0.2, 0.25) is 0 Å². The largest absolute Gasteiger partial charge is 0.330 e. The van der Waals surface area contributed by atoms with Gasteiger partial charge in [-0.25, -0.2) is 0 Å². The molecule has 0 aromatic carbocycles. The van der Waals surface area contributed by atoms with Crippen LogP contribution in [0.2, 0.25) is 5.15 Å². The molecule has 1 unspecified atom stereocenters. The number of halogens is 1. The first-order valence-corrected chi connectivity index (χ1v) is 5.92. The summed E-state index contributed by atoms with van der Waals surface area (Å²) in [7, 11) is 1.91. The van der Waals surface area contributed by atoms with Gasteiger partial charge in [0.15, 0.2) is 0 Å². The second kappa shape index (κ2) is 4.14. The van der Waals surface area contributed by atoms with E-state index in [0.717, 1.165) is 11.6 Å². The van der Waals surface area contributed by atoms with Crippen molar-refractivity contribution in [3.63, 3.8) is 0 Å². The zero-order valence-electron chi connectivity index (χ0n) is 9.33. The number of hydrogen-bond donors (Lipinski definition) is 1. The van der Waals surface area contributed by atoms with Crippen molar-refractivity contribution in [3.8, 4) is 0 Å². The second-order valence-corrected chi connectivity index (χ2v) is 4.96. The van der Waals surface area contributed by atoms with Crippen LogP contribution in [0.5, 0.6) is 0 Å². The smallest absolute Gasteiger partial charge is 0.130 e. The maximum absolute atomic E-state index is 6.25. The lowest BCUT2D eigenvalue weighted by atomic mass is 10.0. The number of aromatic nitrogens is 2. The zero-order chi connectivity index (χ0) is 11.0. The normalized spacial score (nSPS) is 18.1. The van der Waals surface area contributed by atoms with Gasteiger partial charge in [0, 0.05) is 18.5 Å². The van der Waals surface area contributed by atoms with E-state index in [2.05, 4.69) is 12.0 Å². The molecule has 1 aromatic rings. The van der Waals surface area contributed by atoms with Gasteiger partial charge in [0.1, 0.15) is 5.15 Å². The molecule has 3 nitrogen and oxygen atoms in total. The number of hydrogen-bond acceptors (Lipinski definition) is 2. The maximum atomic E-state index is 6.25. The van der Waals surface area contributed by atoms with E-state index in [1.165, 1.54) is 24.1 Å². The minimum absolute atomic E-state index is 0.476. The lowest BCUT2D eigenvalue weighted by molar-refractivity contribution is 0.590. The second-order valence-electron chi connectivity index (χ2n) is 4.60. The SMILES string of the molecule is CC(CN)Cc1c(C2CC2)nn(C)c1Cl. The molecule has 1 aliphatic carbocycles. The summed E-state index contributed by atoms with van der Waals surface area (Å²) in [5.74, 6) is 1.13. The molecule has 2 N–H and O–H groups in total. The van der Waals surface area contributed by atoms with Crippen LogP contribution in [0, 0.1) is 5.92 Å². The zero-order valence-corrected chi connectivity index (χ0v) is 10.1. The number of nitrogens with zero attached hydrogens (tertiary/aromatic N) is 2. The Morgan fingerprint density at radius 2 is 2.27 bits per heavy atom. The van der Waals surface area contributed by atoms with Gasteiger partial charge in [-0.05, 0) is 31.7 Å². The summed E-state index contributed by atoms with van der Waals surface area (Å²) in [5, 5.41) is 5.29. The highest BCUT2D eigenvalue weighted by atomic mass is 35.5. The Morgan fingerprint density at radius 3 is 2.80 bits per heavy atom. The Kier molecular flexibility index (Phi) is 3.03. The first kappa shape index (κ1) is 11.0. The molecule has 2 rings (SSSR count). The van der Waals surface area contributed by atoms with Crippen molar-refractivity contribution in [2.24, 2.45) is 18.7 Å². The minimum Gasteiger partial charge on any atom is -0.330 e. The molecule has 1 fully saturated rings. The molecule has 0 saturated heterocycles. The summed E-state index contributed by atoms with van der Waals surface area (Å²) < 4.78 is 1.79. The van der Waals surface area contributed by atoms with Crippen molar-refractivity contribution < 1.29 is 0 Å². The van der Waals surface area contributed by atoms with E-state index in [4.69, 9.17) is 17.3 Å². The summed E-state index contributed by atoms with van der Waals surface area (Å²) in [6.07, 6.45) is 3.48. The number of nitrogens with two attached hydrogens (primary N) is 1. The van der Waals surface area contributed by atoms with Gasteiger partial charge in [0.05, 0.1) is 5.69 Å². The lowest BCUT2D eigenvalue weighted by Gasteiger charge is -2.08. The molecule has 0 aliphatic heterocycles. The van der Waals surface area contributed by atoms with E-state index in [1.54, 1.807) is 4.68 Å². The first-order chi connectivity index (χ1) is 7.13.